The second-order valence-electron chi connectivity index (χ2n) is 8.61. The predicted molar refractivity (Wildman–Crippen MR) is 135 cm³/mol. The maximum absolute atomic E-state index is 14.2. The average Bonchev–Trinajstić information content (AvgIpc) is 3.13. The molecule has 0 amide bonds. The van der Waals surface area contributed by atoms with Crippen LogP contribution in [0.3, 0.4) is 0 Å². The number of benzene rings is 3. The molecule has 4 aromatic rings. The topological polar surface area (TPSA) is 42.3 Å². The van der Waals surface area contributed by atoms with Crippen molar-refractivity contribution in [3.8, 4) is 0 Å². The summed E-state index contributed by atoms with van der Waals surface area (Å²) in [6.45, 7) is 3.01. The van der Waals surface area contributed by atoms with Gasteiger partial charge in [0.1, 0.15) is 16.5 Å². The number of para-hydroxylation sites is 1. The van der Waals surface area contributed by atoms with Gasteiger partial charge in [-0.2, -0.15) is 4.31 Å². The molecule has 0 saturated heterocycles. The molecule has 0 spiro atoms. The summed E-state index contributed by atoms with van der Waals surface area (Å²) >= 11 is 6.05. The van der Waals surface area contributed by atoms with Crippen LogP contribution in [0, 0.1) is 18.6 Å². The second-order valence-corrected chi connectivity index (χ2v) is 11.0. The van der Waals surface area contributed by atoms with Crippen LogP contribution in [0.15, 0.2) is 77.7 Å². The highest BCUT2D eigenvalue weighted by Gasteiger charge is 2.30. The average molecular weight is 513 g/mol. The van der Waals surface area contributed by atoms with Crippen LogP contribution in [0.2, 0.25) is 5.02 Å². The van der Waals surface area contributed by atoms with Gasteiger partial charge in [-0.15, -0.1) is 0 Å². The van der Waals surface area contributed by atoms with E-state index in [4.69, 9.17) is 11.6 Å². The lowest BCUT2D eigenvalue weighted by Gasteiger charge is -2.26. The fourth-order valence-corrected chi connectivity index (χ4v) is 6.30. The lowest BCUT2D eigenvalue weighted by molar-refractivity contribution is 0.435. The van der Waals surface area contributed by atoms with Gasteiger partial charge in [0.2, 0.25) is 10.0 Å². The molecule has 3 aromatic carbocycles. The quantitative estimate of drug-likeness (QED) is 0.310. The van der Waals surface area contributed by atoms with E-state index < -0.39 is 26.6 Å². The molecule has 4 nitrogen and oxygen atoms in total. The molecule has 1 aromatic heterocycles. The Morgan fingerprint density at radius 3 is 2.46 bits per heavy atom. The SMILES string of the molecule is Cc1c(C2=CCN(S(=O)(=O)c3cc(F)ccc3F)CC2)c2ccccc2n1Cc1ccc(Cl)cc1. The first-order chi connectivity index (χ1) is 16.8. The molecular formula is C27H23ClF2N2O2S. The van der Waals surface area contributed by atoms with E-state index in [0.29, 0.717) is 18.0 Å². The van der Waals surface area contributed by atoms with E-state index >= 15 is 0 Å². The first-order valence-electron chi connectivity index (χ1n) is 11.2. The maximum Gasteiger partial charge on any atom is 0.246 e. The Labute approximate surface area is 208 Å². The van der Waals surface area contributed by atoms with Gasteiger partial charge >= 0.3 is 0 Å². The van der Waals surface area contributed by atoms with Crippen LogP contribution in [0.4, 0.5) is 8.78 Å². The van der Waals surface area contributed by atoms with Crippen molar-refractivity contribution in [3.63, 3.8) is 0 Å². The number of sulfonamides is 1. The van der Waals surface area contributed by atoms with Crippen LogP contribution in [-0.4, -0.2) is 30.4 Å². The van der Waals surface area contributed by atoms with E-state index in [-0.39, 0.29) is 13.1 Å². The molecule has 0 aliphatic carbocycles. The van der Waals surface area contributed by atoms with Crippen molar-refractivity contribution in [2.45, 2.75) is 24.8 Å². The maximum atomic E-state index is 14.2. The van der Waals surface area contributed by atoms with Crippen molar-refractivity contribution in [1.82, 2.24) is 8.87 Å². The monoisotopic (exact) mass is 512 g/mol. The van der Waals surface area contributed by atoms with Crippen LogP contribution >= 0.6 is 11.6 Å². The number of aromatic nitrogens is 1. The fraction of sp³-hybridized carbons (Fsp3) is 0.185. The summed E-state index contributed by atoms with van der Waals surface area (Å²) in [6, 6.07) is 18.4. The minimum Gasteiger partial charge on any atom is -0.340 e. The minimum atomic E-state index is -4.15. The molecule has 1 aliphatic heterocycles. The summed E-state index contributed by atoms with van der Waals surface area (Å²) in [6.07, 6.45) is 2.34. The standard InChI is InChI=1S/C27H23ClF2N2O2S/c1-18-27(23-4-2-3-5-25(23)32(18)17-19-6-8-21(28)9-7-19)20-12-14-31(15-13-20)35(33,34)26-16-22(29)10-11-24(26)30/h2-12,16H,13-15,17H2,1H3. The molecule has 5 rings (SSSR count). The summed E-state index contributed by atoms with van der Waals surface area (Å²) < 4.78 is 57.2. The van der Waals surface area contributed by atoms with Gasteiger partial charge in [0.15, 0.2) is 0 Å². The Kier molecular flexibility index (Phi) is 6.25. The number of rotatable bonds is 5. The van der Waals surface area contributed by atoms with Crippen molar-refractivity contribution >= 4 is 38.1 Å². The Morgan fingerprint density at radius 2 is 1.74 bits per heavy atom. The zero-order chi connectivity index (χ0) is 24.7. The van der Waals surface area contributed by atoms with Crippen LogP contribution in [-0.2, 0) is 16.6 Å². The molecule has 0 N–H and O–H groups in total. The van der Waals surface area contributed by atoms with Gasteiger partial charge < -0.3 is 4.57 Å². The van der Waals surface area contributed by atoms with Gasteiger partial charge in [0.05, 0.1) is 0 Å². The molecule has 8 heteroatoms. The molecule has 0 radical (unpaired) electrons. The zero-order valence-corrected chi connectivity index (χ0v) is 20.6. The van der Waals surface area contributed by atoms with Crippen molar-refractivity contribution in [2.75, 3.05) is 13.1 Å². The van der Waals surface area contributed by atoms with E-state index in [0.717, 1.165) is 51.5 Å². The van der Waals surface area contributed by atoms with Crippen molar-refractivity contribution in [2.24, 2.45) is 0 Å². The first-order valence-corrected chi connectivity index (χ1v) is 13.0. The van der Waals surface area contributed by atoms with Gasteiger partial charge in [-0.25, -0.2) is 17.2 Å². The molecular weight excluding hydrogens is 490 g/mol. The third kappa shape index (κ3) is 4.40. The van der Waals surface area contributed by atoms with Gasteiger partial charge in [0, 0.05) is 46.8 Å². The number of fused-ring (bicyclic) bond motifs is 1. The molecule has 180 valence electrons. The van der Waals surface area contributed by atoms with Gasteiger partial charge in [-0.05, 0) is 60.9 Å². The molecule has 0 unspecified atom stereocenters. The molecule has 1 aliphatic rings. The van der Waals surface area contributed by atoms with Crippen LogP contribution in [0.1, 0.15) is 23.2 Å². The third-order valence-corrected chi connectivity index (χ3v) is 8.62. The molecule has 0 saturated carbocycles. The zero-order valence-electron chi connectivity index (χ0n) is 19.0. The largest absolute Gasteiger partial charge is 0.340 e. The first kappa shape index (κ1) is 23.7. The van der Waals surface area contributed by atoms with E-state index in [1.54, 1.807) is 0 Å². The van der Waals surface area contributed by atoms with E-state index in [1.807, 2.05) is 42.5 Å². The minimum absolute atomic E-state index is 0.0871. The summed E-state index contributed by atoms with van der Waals surface area (Å²) in [5.74, 6) is -1.75. The Balaban J connectivity index is 1.49. The van der Waals surface area contributed by atoms with Crippen LogP contribution in [0.25, 0.3) is 16.5 Å². The Bertz CT molecular complexity index is 1560. The van der Waals surface area contributed by atoms with E-state index in [1.165, 1.54) is 4.31 Å². The van der Waals surface area contributed by atoms with Crippen LogP contribution in [0.5, 0.6) is 0 Å². The molecule has 0 fully saturated rings. The molecule has 0 atom stereocenters. The number of hydrogen-bond donors (Lipinski definition) is 0. The fourth-order valence-electron chi connectivity index (χ4n) is 4.72. The lowest BCUT2D eigenvalue weighted by atomic mass is 9.97. The van der Waals surface area contributed by atoms with Crippen molar-refractivity contribution < 1.29 is 17.2 Å². The van der Waals surface area contributed by atoms with Gasteiger partial charge in [-0.1, -0.05) is 48.0 Å². The molecule has 2 heterocycles. The van der Waals surface area contributed by atoms with Crippen molar-refractivity contribution in [3.05, 3.63) is 106 Å². The van der Waals surface area contributed by atoms with Gasteiger partial charge in [-0.3, -0.25) is 0 Å². The number of hydrogen-bond acceptors (Lipinski definition) is 2. The highest BCUT2D eigenvalue weighted by molar-refractivity contribution is 7.89. The summed E-state index contributed by atoms with van der Waals surface area (Å²) in [4.78, 5) is -0.634. The summed E-state index contributed by atoms with van der Waals surface area (Å²) in [5, 5.41) is 1.78. The summed E-state index contributed by atoms with van der Waals surface area (Å²) in [5.41, 5.74) is 5.42. The summed E-state index contributed by atoms with van der Waals surface area (Å²) in [7, 11) is -4.15. The number of halogens is 3. The van der Waals surface area contributed by atoms with Crippen LogP contribution < -0.4 is 0 Å². The number of nitrogens with zero attached hydrogens (tertiary/aromatic N) is 2. The predicted octanol–water partition coefficient (Wildman–Crippen LogP) is 6.41. The Hall–Kier alpha value is -3.00. The third-order valence-electron chi connectivity index (χ3n) is 6.49. The lowest BCUT2D eigenvalue weighted by Crippen LogP contribution is -2.35. The normalized spacial score (nSPS) is 14.9. The highest BCUT2D eigenvalue weighted by Crippen LogP contribution is 2.36. The smallest absolute Gasteiger partial charge is 0.246 e. The molecule has 35 heavy (non-hydrogen) atoms. The van der Waals surface area contributed by atoms with Crippen molar-refractivity contribution in [1.29, 1.82) is 0 Å². The van der Waals surface area contributed by atoms with E-state index in [9.17, 15) is 17.2 Å². The van der Waals surface area contributed by atoms with E-state index in [2.05, 4.69) is 23.6 Å². The molecule has 0 bridgehead atoms. The van der Waals surface area contributed by atoms with Gasteiger partial charge in [0.25, 0.3) is 0 Å². The highest BCUT2D eigenvalue weighted by atomic mass is 35.5. The second kappa shape index (κ2) is 9.22. The Morgan fingerprint density at radius 1 is 1.00 bits per heavy atom.